The molecule has 27 heavy (non-hydrogen) atoms. The van der Waals surface area contributed by atoms with E-state index in [2.05, 4.69) is 30.4 Å². The summed E-state index contributed by atoms with van der Waals surface area (Å²) in [5.74, 6) is -1.02. The van der Waals surface area contributed by atoms with Crippen molar-refractivity contribution >= 4 is 21.8 Å². The van der Waals surface area contributed by atoms with Crippen LogP contribution in [-0.2, 0) is 38.3 Å². The normalized spacial score (nSPS) is 9.19. The van der Waals surface area contributed by atoms with Crippen LogP contribution in [0.15, 0.2) is 46.2 Å². The fourth-order valence-electron chi connectivity index (χ4n) is 1.95. The molecule has 4 rings (SSSR count). The van der Waals surface area contributed by atoms with Crippen LogP contribution in [0.1, 0.15) is 0 Å². The van der Waals surface area contributed by atoms with Gasteiger partial charge < -0.3 is 21.2 Å². The van der Waals surface area contributed by atoms with Gasteiger partial charge in [0, 0.05) is 24.2 Å². The summed E-state index contributed by atoms with van der Waals surface area (Å²) in [4.78, 5) is 29.6. The standard InChI is InChI=1S/2C7H5N3O2.Cd.2H2O/c2*11-6-4-2-1-3-8-5(4)7(12)10-9-6;;;/h2*1-3H,(H,9,11)(H,10,12);;2*1H2/q;;+2;;. The van der Waals surface area contributed by atoms with Crippen molar-refractivity contribution < 1.29 is 48.5 Å². The van der Waals surface area contributed by atoms with Gasteiger partial charge in [-0.05, 0) is 24.3 Å². The molecule has 4 heterocycles. The Morgan fingerprint density at radius 3 is 1.44 bits per heavy atom. The molecule has 0 spiro atoms. The molecule has 136 valence electrons. The van der Waals surface area contributed by atoms with E-state index >= 15 is 0 Å². The van der Waals surface area contributed by atoms with E-state index in [0.717, 1.165) is 0 Å². The van der Waals surface area contributed by atoms with Gasteiger partial charge in [-0.25, -0.2) is 10.2 Å². The third kappa shape index (κ3) is 5.02. The van der Waals surface area contributed by atoms with Crippen LogP contribution >= 0.6 is 0 Å². The largest absolute Gasteiger partial charge is 2.00 e. The maximum atomic E-state index is 11.0. The van der Waals surface area contributed by atoms with Crippen LogP contribution in [0.3, 0.4) is 0 Å². The Balaban J connectivity index is 0.000000451. The van der Waals surface area contributed by atoms with Gasteiger partial charge in [-0.3, -0.25) is 19.6 Å². The predicted octanol–water partition coefficient (Wildman–Crippen LogP) is -3.06. The molecule has 0 bridgehead atoms. The number of hydrogen-bond donors (Lipinski definition) is 2. The van der Waals surface area contributed by atoms with Gasteiger partial charge >= 0.3 is 27.3 Å². The molecule has 0 aliphatic rings. The monoisotopic (exact) mass is 476 g/mol. The molecule has 0 unspecified atom stereocenters. The van der Waals surface area contributed by atoms with E-state index in [0.29, 0.717) is 0 Å². The molecule has 12 nitrogen and oxygen atoms in total. The molecule has 4 aromatic heterocycles. The number of aromatic amines is 2. The molecule has 0 atom stereocenters. The van der Waals surface area contributed by atoms with Crippen LogP contribution in [0.2, 0.25) is 0 Å². The van der Waals surface area contributed by atoms with E-state index < -0.39 is 22.9 Å². The predicted molar refractivity (Wildman–Crippen MR) is 89.0 cm³/mol. The average molecular weight is 475 g/mol. The number of nitrogens with one attached hydrogen (secondary N) is 2. The zero-order valence-corrected chi connectivity index (χ0v) is 17.8. The maximum absolute atomic E-state index is 11.0. The van der Waals surface area contributed by atoms with E-state index in [4.69, 9.17) is 0 Å². The van der Waals surface area contributed by atoms with E-state index in [-0.39, 0.29) is 60.1 Å². The Morgan fingerprint density at radius 2 is 1.11 bits per heavy atom. The first-order valence-corrected chi connectivity index (χ1v) is 6.59. The summed E-state index contributed by atoms with van der Waals surface area (Å²) in [6.07, 6.45) is 2.90. The summed E-state index contributed by atoms with van der Waals surface area (Å²) in [6.45, 7) is 0. The molecule has 0 saturated heterocycles. The summed E-state index contributed by atoms with van der Waals surface area (Å²) in [5.41, 5.74) is -0.557. The van der Waals surface area contributed by atoms with Crippen molar-refractivity contribution in [3.8, 4) is 11.8 Å². The number of fused-ring (bicyclic) bond motifs is 2. The number of H-pyrrole nitrogens is 2. The van der Waals surface area contributed by atoms with Gasteiger partial charge in [-0.15, -0.1) is 0 Å². The van der Waals surface area contributed by atoms with Gasteiger partial charge in [0.1, 0.15) is 0 Å². The topological polar surface area (TPSA) is 229 Å². The molecule has 0 radical (unpaired) electrons. The van der Waals surface area contributed by atoms with Crippen molar-refractivity contribution in [1.29, 1.82) is 0 Å². The van der Waals surface area contributed by atoms with Gasteiger partial charge in [0.25, 0.3) is 11.1 Å². The van der Waals surface area contributed by atoms with Crippen molar-refractivity contribution in [2.45, 2.75) is 0 Å². The van der Waals surface area contributed by atoms with Gasteiger partial charge in [-0.2, -0.15) is 10.2 Å². The summed E-state index contributed by atoms with van der Waals surface area (Å²) in [5, 5.41) is 33.2. The van der Waals surface area contributed by atoms with Crippen LogP contribution in [0, 0.1) is 0 Å². The first-order valence-electron chi connectivity index (χ1n) is 6.59. The number of rotatable bonds is 0. The Labute approximate surface area is 169 Å². The fraction of sp³-hybridized carbons (Fsp3) is 0. The van der Waals surface area contributed by atoms with Crippen molar-refractivity contribution in [3.63, 3.8) is 0 Å². The second-order valence-electron chi connectivity index (χ2n) is 4.51. The quantitative estimate of drug-likeness (QED) is 0.196. The Hall–Kier alpha value is -2.98. The van der Waals surface area contributed by atoms with Crippen molar-refractivity contribution in [1.82, 2.24) is 30.4 Å². The number of hydrogen-bond acceptors (Lipinski definition) is 8. The van der Waals surface area contributed by atoms with Gasteiger partial charge in [0.15, 0.2) is 0 Å². The number of nitrogens with zero attached hydrogens (tertiary/aromatic N) is 4. The first kappa shape index (κ1) is 24.0. The molecule has 4 aromatic rings. The Kier molecular flexibility index (Phi) is 9.11. The van der Waals surface area contributed by atoms with Gasteiger partial charge in [0.2, 0.25) is 0 Å². The zero-order valence-electron chi connectivity index (χ0n) is 13.7. The third-order valence-electron chi connectivity index (χ3n) is 3.03. The number of pyridine rings is 2. The Morgan fingerprint density at radius 1 is 0.741 bits per heavy atom. The van der Waals surface area contributed by atoms with Gasteiger partial charge in [0.05, 0.1) is 21.8 Å². The molecular formula is C14H14CdN6O6+2. The Bertz CT molecular complexity index is 1060. The second kappa shape index (κ2) is 10.2. The van der Waals surface area contributed by atoms with Crippen LogP contribution in [0.25, 0.3) is 21.8 Å². The molecule has 0 amide bonds. The summed E-state index contributed by atoms with van der Waals surface area (Å²) in [6, 6.07) is 6.25. The van der Waals surface area contributed by atoms with Crippen molar-refractivity contribution in [3.05, 3.63) is 57.4 Å². The first-order chi connectivity index (χ1) is 11.6. The van der Waals surface area contributed by atoms with E-state index in [1.165, 1.54) is 24.5 Å². The average Bonchev–Trinajstić information content (AvgIpc) is 2.63. The minimum Gasteiger partial charge on any atom is -0.856 e. The second-order valence-corrected chi connectivity index (χ2v) is 4.51. The third-order valence-corrected chi connectivity index (χ3v) is 3.03. The van der Waals surface area contributed by atoms with Gasteiger partial charge in [-0.1, -0.05) is 0 Å². The van der Waals surface area contributed by atoms with E-state index in [1.54, 1.807) is 12.1 Å². The molecule has 0 fully saturated rings. The minimum absolute atomic E-state index is 0. The molecule has 0 aliphatic carbocycles. The van der Waals surface area contributed by atoms with Crippen LogP contribution < -0.4 is 21.3 Å². The summed E-state index contributed by atoms with van der Waals surface area (Å²) in [7, 11) is 0. The molecular weight excluding hydrogens is 461 g/mol. The van der Waals surface area contributed by atoms with E-state index in [1.807, 2.05) is 0 Å². The molecule has 0 saturated carbocycles. The molecule has 8 N–H and O–H groups in total. The van der Waals surface area contributed by atoms with Crippen molar-refractivity contribution in [2.75, 3.05) is 0 Å². The summed E-state index contributed by atoms with van der Waals surface area (Å²) < 4.78 is 0. The molecule has 0 aromatic carbocycles. The van der Waals surface area contributed by atoms with Crippen LogP contribution in [-0.4, -0.2) is 30.4 Å². The zero-order chi connectivity index (χ0) is 17.1. The van der Waals surface area contributed by atoms with E-state index in [9.17, 15) is 19.8 Å². The molecule has 0 aliphatic heterocycles. The van der Waals surface area contributed by atoms with Crippen LogP contribution in [0.4, 0.5) is 0 Å². The molecule has 13 heteroatoms. The van der Waals surface area contributed by atoms with Crippen LogP contribution in [0.5, 0.6) is 11.8 Å². The SMILES string of the molecule is O=c1[nH]nc([O-])c2ncccc12.O=c1[nH]nc([O-])c2ncccc12.[Cd+2].[OH3+].[OH3+]. The summed E-state index contributed by atoms with van der Waals surface area (Å²) >= 11 is 0. The number of aromatic nitrogens is 6. The minimum atomic E-state index is -0.509. The smallest absolute Gasteiger partial charge is 0.856 e. The maximum Gasteiger partial charge on any atom is 2.00 e. The van der Waals surface area contributed by atoms with Crippen molar-refractivity contribution in [2.24, 2.45) is 0 Å². The fourth-order valence-corrected chi connectivity index (χ4v) is 1.95.